The molecule has 0 aromatic carbocycles. The first-order valence-corrected chi connectivity index (χ1v) is 4.85. The summed E-state index contributed by atoms with van der Waals surface area (Å²) in [6.07, 6.45) is 0.608. The lowest BCUT2D eigenvalue weighted by Gasteiger charge is -2.08. The SMILES string of the molecule is Cc1nc(CC(NC=O)C(=O)O)cs1. The van der Waals surface area contributed by atoms with E-state index in [1.165, 1.54) is 11.3 Å². The molecule has 1 rings (SSSR count). The number of carboxylic acid groups (broad SMARTS) is 1. The van der Waals surface area contributed by atoms with Gasteiger partial charge in [0, 0.05) is 11.8 Å². The predicted molar refractivity (Wildman–Crippen MR) is 51.2 cm³/mol. The van der Waals surface area contributed by atoms with E-state index in [-0.39, 0.29) is 6.42 Å². The summed E-state index contributed by atoms with van der Waals surface area (Å²) in [6, 6.07) is -0.894. The minimum Gasteiger partial charge on any atom is -0.480 e. The summed E-state index contributed by atoms with van der Waals surface area (Å²) in [6.45, 7) is 1.84. The van der Waals surface area contributed by atoms with Crippen LogP contribution in [0.1, 0.15) is 10.7 Å². The summed E-state index contributed by atoms with van der Waals surface area (Å²) in [4.78, 5) is 24.9. The largest absolute Gasteiger partial charge is 0.480 e. The number of aryl methyl sites for hydroxylation is 1. The molecule has 14 heavy (non-hydrogen) atoms. The Hall–Kier alpha value is -1.43. The lowest BCUT2D eigenvalue weighted by molar-refractivity contribution is -0.140. The minimum absolute atomic E-state index is 0.221. The molecule has 1 amide bonds. The van der Waals surface area contributed by atoms with Gasteiger partial charge in [0.25, 0.3) is 0 Å². The monoisotopic (exact) mass is 214 g/mol. The zero-order chi connectivity index (χ0) is 10.6. The average molecular weight is 214 g/mol. The van der Waals surface area contributed by atoms with E-state index in [0.717, 1.165) is 5.01 Å². The Morgan fingerprint density at radius 1 is 1.86 bits per heavy atom. The number of carbonyl (C=O) groups excluding carboxylic acids is 1. The van der Waals surface area contributed by atoms with Crippen LogP contribution in [0, 0.1) is 6.92 Å². The fraction of sp³-hybridized carbons (Fsp3) is 0.375. The van der Waals surface area contributed by atoms with E-state index in [4.69, 9.17) is 5.11 Å². The number of carboxylic acids is 1. The smallest absolute Gasteiger partial charge is 0.326 e. The minimum atomic E-state index is -1.05. The fourth-order valence-corrected chi connectivity index (χ4v) is 1.64. The summed E-state index contributed by atoms with van der Waals surface area (Å²) in [5.74, 6) is -1.05. The molecular formula is C8H10N2O3S. The second-order valence-corrected chi connectivity index (χ2v) is 3.80. The standard InChI is InChI=1S/C8H10N2O3S/c1-5-10-6(3-14-5)2-7(8(12)13)9-4-11/h3-4,7H,2H2,1H3,(H,9,11)(H,12,13). The molecule has 5 nitrogen and oxygen atoms in total. The number of nitrogens with one attached hydrogen (secondary N) is 1. The Kier molecular flexibility index (Phi) is 3.58. The van der Waals surface area contributed by atoms with E-state index >= 15 is 0 Å². The van der Waals surface area contributed by atoms with Gasteiger partial charge >= 0.3 is 5.97 Å². The van der Waals surface area contributed by atoms with Crippen LogP contribution < -0.4 is 5.32 Å². The van der Waals surface area contributed by atoms with Gasteiger partial charge in [-0.05, 0) is 6.92 Å². The quantitative estimate of drug-likeness (QED) is 0.686. The molecule has 0 radical (unpaired) electrons. The predicted octanol–water partition coefficient (Wildman–Crippen LogP) is 0.193. The highest BCUT2D eigenvalue weighted by atomic mass is 32.1. The highest BCUT2D eigenvalue weighted by Crippen LogP contribution is 2.09. The molecule has 0 spiro atoms. The molecule has 2 N–H and O–H groups in total. The molecule has 1 atom stereocenters. The number of aliphatic carboxylic acids is 1. The third-order valence-corrected chi connectivity index (χ3v) is 2.47. The molecule has 0 saturated carbocycles. The zero-order valence-electron chi connectivity index (χ0n) is 7.56. The van der Waals surface area contributed by atoms with Crippen LogP contribution in [0.15, 0.2) is 5.38 Å². The third-order valence-electron chi connectivity index (χ3n) is 1.65. The number of aromatic nitrogens is 1. The van der Waals surface area contributed by atoms with Crippen molar-refractivity contribution < 1.29 is 14.7 Å². The lowest BCUT2D eigenvalue weighted by Crippen LogP contribution is -2.37. The molecule has 1 unspecified atom stereocenters. The summed E-state index contributed by atoms with van der Waals surface area (Å²) >= 11 is 1.46. The molecule has 0 bridgehead atoms. The van der Waals surface area contributed by atoms with Gasteiger partial charge in [-0.15, -0.1) is 11.3 Å². The number of hydrogen-bond donors (Lipinski definition) is 2. The van der Waals surface area contributed by atoms with Crippen molar-refractivity contribution >= 4 is 23.7 Å². The topological polar surface area (TPSA) is 79.3 Å². The van der Waals surface area contributed by atoms with Crippen molar-refractivity contribution in [3.05, 3.63) is 16.1 Å². The second-order valence-electron chi connectivity index (χ2n) is 2.74. The molecule has 1 aromatic heterocycles. The van der Waals surface area contributed by atoms with Gasteiger partial charge in [-0.1, -0.05) is 0 Å². The number of amides is 1. The summed E-state index contributed by atoms with van der Waals surface area (Å²) in [5, 5.41) is 13.6. The van der Waals surface area contributed by atoms with Gasteiger partial charge in [0.15, 0.2) is 0 Å². The summed E-state index contributed by atoms with van der Waals surface area (Å²) in [7, 11) is 0. The van der Waals surface area contributed by atoms with E-state index in [1.807, 2.05) is 6.92 Å². The molecule has 0 fully saturated rings. The van der Waals surface area contributed by atoms with Crippen LogP contribution in [-0.2, 0) is 16.0 Å². The van der Waals surface area contributed by atoms with Gasteiger partial charge in [0.1, 0.15) is 6.04 Å². The highest BCUT2D eigenvalue weighted by molar-refractivity contribution is 7.09. The molecule has 6 heteroatoms. The Morgan fingerprint density at radius 2 is 2.57 bits per heavy atom. The van der Waals surface area contributed by atoms with Crippen molar-refractivity contribution in [2.75, 3.05) is 0 Å². The molecule has 0 aliphatic carbocycles. The molecule has 1 heterocycles. The Balaban J connectivity index is 2.64. The third kappa shape index (κ3) is 2.81. The molecule has 0 aliphatic rings. The molecule has 1 aromatic rings. The summed E-state index contributed by atoms with van der Waals surface area (Å²) < 4.78 is 0. The van der Waals surface area contributed by atoms with E-state index in [9.17, 15) is 9.59 Å². The number of nitrogens with zero attached hydrogens (tertiary/aromatic N) is 1. The van der Waals surface area contributed by atoms with Crippen LogP contribution >= 0.6 is 11.3 Å². The molecule has 76 valence electrons. The maximum atomic E-state index is 10.7. The van der Waals surface area contributed by atoms with Gasteiger partial charge in [0.05, 0.1) is 10.7 Å². The van der Waals surface area contributed by atoms with Crippen LogP contribution in [0.3, 0.4) is 0 Å². The fourth-order valence-electron chi connectivity index (χ4n) is 1.01. The van der Waals surface area contributed by atoms with Crippen molar-refractivity contribution in [1.82, 2.24) is 10.3 Å². The van der Waals surface area contributed by atoms with Gasteiger partial charge in [-0.3, -0.25) is 4.79 Å². The van der Waals surface area contributed by atoms with Gasteiger partial charge < -0.3 is 10.4 Å². The second kappa shape index (κ2) is 4.71. The van der Waals surface area contributed by atoms with E-state index < -0.39 is 12.0 Å². The van der Waals surface area contributed by atoms with Crippen molar-refractivity contribution in [2.45, 2.75) is 19.4 Å². The van der Waals surface area contributed by atoms with E-state index in [2.05, 4.69) is 10.3 Å². The lowest BCUT2D eigenvalue weighted by atomic mass is 10.2. The van der Waals surface area contributed by atoms with Crippen LogP contribution in [0.2, 0.25) is 0 Å². The average Bonchev–Trinajstić information content (AvgIpc) is 2.50. The Bertz CT molecular complexity index is 337. The molecule has 0 saturated heterocycles. The molecule has 0 aliphatic heterocycles. The molecular weight excluding hydrogens is 204 g/mol. The highest BCUT2D eigenvalue weighted by Gasteiger charge is 2.17. The van der Waals surface area contributed by atoms with Crippen molar-refractivity contribution in [1.29, 1.82) is 0 Å². The number of hydrogen-bond acceptors (Lipinski definition) is 4. The first kappa shape index (κ1) is 10.6. The maximum absolute atomic E-state index is 10.7. The van der Waals surface area contributed by atoms with E-state index in [1.54, 1.807) is 5.38 Å². The van der Waals surface area contributed by atoms with E-state index in [0.29, 0.717) is 12.1 Å². The van der Waals surface area contributed by atoms with Crippen molar-refractivity contribution in [3.8, 4) is 0 Å². The Labute approximate surface area is 84.8 Å². The van der Waals surface area contributed by atoms with Gasteiger partial charge in [0.2, 0.25) is 6.41 Å². The summed E-state index contributed by atoms with van der Waals surface area (Å²) in [5.41, 5.74) is 0.689. The maximum Gasteiger partial charge on any atom is 0.326 e. The first-order chi connectivity index (χ1) is 6.63. The van der Waals surface area contributed by atoms with Crippen molar-refractivity contribution in [3.63, 3.8) is 0 Å². The van der Waals surface area contributed by atoms with Crippen molar-refractivity contribution in [2.24, 2.45) is 0 Å². The zero-order valence-corrected chi connectivity index (χ0v) is 8.37. The van der Waals surface area contributed by atoms with Crippen LogP contribution in [0.4, 0.5) is 0 Å². The normalized spacial score (nSPS) is 12.1. The van der Waals surface area contributed by atoms with Gasteiger partial charge in [-0.2, -0.15) is 0 Å². The van der Waals surface area contributed by atoms with Crippen LogP contribution in [0.5, 0.6) is 0 Å². The number of thiazole rings is 1. The number of carbonyl (C=O) groups is 2. The number of rotatable bonds is 5. The van der Waals surface area contributed by atoms with Crippen LogP contribution in [0.25, 0.3) is 0 Å². The van der Waals surface area contributed by atoms with Gasteiger partial charge in [-0.25, -0.2) is 9.78 Å². The van der Waals surface area contributed by atoms with Crippen LogP contribution in [-0.4, -0.2) is 28.5 Å². The first-order valence-electron chi connectivity index (χ1n) is 3.97. The Morgan fingerprint density at radius 3 is 3.00 bits per heavy atom.